The second-order valence-corrected chi connectivity index (χ2v) is 13.8. The van der Waals surface area contributed by atoms with Crippen LogP contribution in [0.5, 0.6) is 0 Å². The van der Waals surface area contributed by atoms with Gasteiger partial charge in [-0.3, -0.25) is 24.0 Å². The van der Waals surface area contributed by atoms with Gasteiger partial charge in [0.15, 0.2) is 28.6 Å². The number of carbonyl (C=O) groups excluding carboxylic acids is 4. The van der Waals surface area contributed by atoms with E-state index < -0.39 is 0 Å². The lowest BCUT2D eigenvalue weighted by molar-refractivity contribution is 0.0980. The number of pyridine rings is 1. The van der Waals surface area contributed by atoms with E-state index in [1.807, 2.05) is 48.5 Å². The Morgan fingerprint density at radius 1 is 0.327 bits per heavy atom. The summed E-state index contributed by atoms with van der Waals surface area (Å²) in [6, 6.07) is 32.6. The Morgan fingerprint density at radius 3 is 1.42 bits per heavy atom. The van der Waals surface area contributed by atoms with Gasteiger partial charge in [0, 0.05) is 82.1 Å². The highest BCUT2D eigenvalue weighted by atomic mass is 16.1. The van der Waals surface area contributed by atoms with Crippen molar-refractivity contribution in [1.82, 2.24) is 9.97 Å². The van der Waals surface area contributed by atoms with Gasteiger partial charge in [0.05, 0.1) is 22.2 Å². The molecule has 7 heteroatoms. The minimum absolute atomic E-state index is 0.123. The van der Waals surface area contributed by atoms with E-state index >= 15 is 0 Å². The van der Waals surface area contributed by atoms with Crippen LogP contribution in [0.15, 0.2) is 114 Å². The topological polar surface area (TPSA) is 117 Å². The molecule has 0 radical (unpaired) electrons. The fourth-order valence-corrected chi connectivity index (χ4v) is 9.07. The molecule has 12 rings (SSSR count). The van der Waals surface area contributed by atoms with Crippen LogP contribution in [-0.4, -0.2) is 33.1 Å². The van der Waals surface area contributed by atoms with Gasteiger partial charge in [0.25, 0.3) is 0 Å². The first-order valence-electron chi connectivity index (χ1n) is 17.0. The fourth-order valence-electron chi connectivity index (χ4n) is 9.07. The third kappa shape index (κ3) is 3.11. The van der Waals surface area contributed by atoms with Gasteiger partial charge in [-0.1, -0.05) is 72.8 Å². The quantitative estimate of drug-likeness (QED) is 0.124. The molecule has 240 valence electrons. The van der Waals surface area contributed by atoms with E-state index in [1.165, 1.54) is 0 Å². The molecule has 0 aliphatic heterocycles. The van der Waals surface area contributed by atoms with E-state index in [4.69, 9.17) is 0 Å². The highest BCUT2D eigenvalue weighted by Gasteiger charge is 2.33. The summed E-state index contributed by atoms with van der Waals surface area (Å²) in [5.41, 5.74) is 5.49. The van der Waals surface area contributed by atoms with Gasteiger partial charge in [0.2, 0.25) is 0 Å². The minimum atomic E-state index is -0.209. The molecule has 0 spiro atoms. The van der Waals surface area contributed by atoms with E-state index in [9.17, 15) is 24.0 Å². The van der Waals surface area contributed by atoms with Gasteiger partial charge in [-0.15, -0.1) is 0 Å². The highest BCUT2D eigenvalue weighted by Crippen LogP contribution is 2.43. The van der Waals surface area contributed by atoms with Crippen molar-refractivity contribution in [1.29, 1.82) is 0 Å². The molecule has 0 unspecified atom stereocenters. The van der Waals surface area contributed by atoms with Crippen LogP contribution in [0.1, 0.15) is 63.7 Å². The maximum Gasteiger partial charge on any atom is 0.196 e. The molecule has 52 heavy (non-hydrogen) atoms. The smallest absolute Gasteiger partial charge is 0.196 e. The molecule has 0 atom stereocenters. The van der Waals surface area contributed by atoms with Crippen LogP contribution in [0, 0.1) is 0 Å². The zero-order valence-corrected chi connectivity index (χ0v) is 26.9. The van der Waals surface area contributed by atoms with Crippen molar-refractivity contribution in [3.63, 3.8) is 0 Å². The van der Waals surface area contributed by atoms with Crippen LogP contribution in [0.25, 0.3) is 75.9 Å². The maximum absolute atomic E-state index is 14.4. The Balaban J connectivity index is 1.15. The first-order chi connectivity index (χ1) is 25.4. The predicted octanol–water partition coefficient (Wildman–Crippen LogP) is 8.76. The summed E-state index contributed by atoms with van der Waals surface area (Å²) in [4.78, 5) is 76.0. The first kappa shape index (κ1) is 27.6. The van der Waals surface area contributed by atoms with E-state index in [0.717, 1.165) is 48.6 Å². The highest BCUT2D eigenvalue weighted by molar-refractivity contribution is 6.37. The standard InChI is InChI=1S/C45H20N2O5/c48-41-23-5-1-3-7-25(23)44(51)37-28(41)13-10-21-19-9-12-27-35-20(15-16-33(36(19)35)46-39(21)37)30-17-31-22-11-14-29-38(40(22)47-34(31)18-32(30)43(27)50)45(52)26-8-4-2-6-24(26)42(29)49/h1-18,46-47H. The van der Waals surface area contributed by atoms with Gasteiger partial charge in [-0.25, -0.2) is 0 Å². The average molecular weight is 669 g/mol. The van der Waals surface area contributed by atoms with Gasteiger partial charge in [-0.05, 0) is 52.6 Å². The Hall–Kier alpha value is -7.25. The molecular formula is C45H20N2O5. The lowest BCUT2D eigenvalue weighted by Gasteiger charge is -2.21. The van der Waals surface area contributed by atoms with E-state index in [2.05, 4.69) is 9.97 Å². The van der Waals surface area contributed by atoms with E-state index in [0.29, 0.717) is 71.8 Å². The third-order valence-electron chi connectivity index (χ3n) is 11.4. The molecule has 0 amide bonds. The summed E-state index contributed by atoms with van der Waals surface area (Å²) in [5, 5.41) is 7.73. The number of H-pyrrole nitrogens is 2. The van der Waals surface area contributed by atoms with Crippen molar-refractivity contribution in [3.8, 4) is 0 Å². The average Bonchev–Trinajstić information content (AvgIpc) is 3.55. The number of aromatic amines is 2. The lowest BCUT2D eigenvalue weighted by atomic mass is 9.82. The van der Waals surface area contributed by atoms with Gasteiger partial charge < -0.3 is 9.97 Å². The normalized spacial score (nSPS) is 14.0. The molecule has 0 bridgehead atoms. The predicted molar refractivity (Wildman–Crippen MR) is 202 cm³/mol. The van der Waals surface area contributed by atoms with Crippen molar-refractivity contribution in [2.24, 2.45) is 0 Å². The minimum Gasteiger partial charge on any atom is -0.354 e. The Morgan fingerprint density at radius 2 is 0.808 bits per heavy atom. The fraction of sp³-hybridized carbons (Fsp3) is 0. The molecule has 7 nitrogen and oxygen atoms in total. The second kappa shape index (κ2) is 9.10. The molecule has 8 aromatic carbocycles. The van der Waals surface area contributed by atoms with Crippen LogP contribution in [0.4, 0.5) is 0 Å². The molecule has 2 N–H and O–H groups in total. The summed E-state index contributed by atoms with van der Waals surface area (Å²) in [6.45, 7) is 0. The monoisotopic (exact) mass is 668 g/mol. The van der Waals surface area contributed by atoms with Crippen LogP contribution < -0.4 is 5.43 Å². The van der Waals surface area contributed by atoms with Crippen molar-refractivity contribution in [2.45, 2.75) is 0 Å². The maximum atomic E-state index is 14.4. The summed E-state index contributed by atoms with van der Waals surface area (Å²) in [7, 11) is 0. The number of nitrogens with one attached hydrogen (secondary N) is 2. The molecule has 2 aliphatic rings. The summed E-state index contributed by atoms with van der Waals surface area (Å²) < 4.78 is 0. The molecule has 2 heterocycles. The van der Waals surface area contributed by atoms with Crippen LogP contribution in [-0.2, 0) is 0 Å². The summed E-state index contributed by atoms with van der Waals surface area (Å²) in [5.74, 6) is -0.781. The number of carbonyl (C=O) groups is 4. The number of fused-ring (bicyclic) bond motifs is 13. The van der Waals surface area contributed by atoms with Crippen molar-refractivity contribution in [3.05, 3.63) is 164 Å². The Labute approximate surface area is 291 Å². The molecular weight excluding hydrogens is 649 g/mol. The van der Waals surface area contributed by atoms with E-state index in [1.54, 1.807) is 60.7 Å². The first-order valence-corrected chi connectivity index (χ1v) is 17.0. The van der Waals surface area contributed by atoms with Crippen molar-refractivity contribution >= 4 is 99.1 Å². The summed E-state index contributed by atoms with van der Waals surface area (Å²) in [6.07, 6.45) is 0. The molecule has 0 fully saturated rings. The second-order valence-electron chi connectivity index (χ2n) is 13.8. The van der Waals surface area contributed by atoms with Crippen molar-refractivity contribution in [2.75, 3.05) is 0 Å². The largest absolute Gasteiger partial charge is 0.354 e. The number of ketones is 4. The Kier molecular flexibility index (Phi) is 4.82. The van der Waals surface area contributed by atoms with Gasteiger partial charge >= 0.3 is 0 Å². The lowest BCUT2D eigenvalue weighted by Crippen LogP contribution is -2.21. The Bertz CT molecular complexity index is 3510. The molecule has 2 aliphatic carbocycles. The summed E-state index contributed by atoms with van der Waals surface area (Å²) >= 11 is 0. The van der Waals surface area contributed by atoms with Crippen LogP contribution in [0.2, 0.25) is 0 Å². The molecule has 10 aromatic rings. The SMILES string of the molecule is O=C1c2ccccc2C(=O)c2c1ccc1c2[nH]c2cc3c(=O)c4ccc5c6ccc7c(c6[nH]c6ccc(c3cc21)c4c65)C(=O)c1ccccc1C7=O. The third-order valence-corrected chi connectivity index (χ3v) is 11.4. The number of hydrogen-bond donors (Lipinski definition) is 2. The van der Waals surface area contributed by atoms with E-state index in [-0.39, 0.29) is 28.6 Å². The molecule has 2 aromatic heterocycles. The molecule has 0 saturated carbocycles. The van der Waals surface area contributed by atoms with Crippen LogP contribution in [0.3, 0.4) is 0 Å². The zero-order valence-electron chi connectivity index (χ0n) is 26.9. The van der Waals surface area contributed by atoms with Crippen molar-refractivity contribution < 1.29 is 19.2 Å². The number of aromatic nitrogens is 2. The molecule has 0 saturated heterocycles. The van der Waals surface area contributed by atoms with Gasteiger partial charge in [-0.2, -0.15) is 0 Å². The number of rotatable bonds is 0. The van der Waals surface area contributed by atoms with Crippen LogP contribution >= 0.6 is 0 Å². The van der Waals surface area contributed by atoms with Gasteiger partial charge in [0.1, 0.15) is 0 Å². The zero-order chi connectivity index (χ0) is 34.7. The number of benzene rings is 8. The number of hydrogen-bond acceptors (Lipinski definition) is 5.